The van der Waals surface area contributed by atoms with E-state index >= 15 is 0 Å². The van der Waals surface area contributed by atoms with E-state index in [1.165, 1.54) is 0 Å². The first-order chi connectivity index (χ1) is 14.8. The Hall–Kier alpha value is -2.01. The van der Waals surface area contributed by atoms with E-state index in [0.717, 1.165) is 38.8 Å². The molecule has 0 saturated heterocycles. The molecule has 6 heteroatoms. The van der Waals surface area contributed by atoms with Crippen molar-refractivity contribution in [2.75, 3.05) is 13.1 Å². The first kappa shape index (κ1) is 23.6. The van der Waals surface area contributed by atoms with Crippen molar-refractivity contribution in [3.05, 3.63) is 62.3 Å². The van der Waals surface area contributed by atoms with Crippen LogP contribution in [0.15, 0.2) is 30.0 Å². The number of aromatic hydroxyl groups is 1. The lowest BCUT2D eigenvalue weighted by molar-refractivity contribution is 0.101. The molecule has 0 fully saturated rings. The van der Waals surface area contributed by atoms with Crippen molar-refractivity contribution in [3.63, 3.8) is 0 Å². The number of nitrogens with zero attached hydrogens (tertiary/aromatic N) is 1. The highest BCUT2D eigenvalue weighted by atomic mass is 35.5. The highest BCUT2D eigenvalue weighted by molar-refractivity contribution is 6.35. The summed E-state index contributed by atoms with van der Waals surface area (Å²) in [6, 6.07) is 6.75. The summed E-state index contributed by atoms with van der Waals surface area (Å²) >= 11 is 12.3. The number of ether oxygens (including phenoxy) is 1. The molecule has 0 spiro atoms. The fraction of sp³-hybridized carbons (Fsp3) is 0.400. The summed E-state index contributed by atoms with van der Waals surface area (Å²) in [7, 11) is 0. The molecule has 2 aromatic rings. The zero-order valence-electron chi connectivity index (χ0n) is 18.3. The molecule has 31 heavy (non-hydrogen) atoms. The van der Waals surface area contributed by atoms with Crippen molar-refractivity contribution in [2.45, 2.75) is 53.0 Å². The lowest BCUT2D eigenvalue weighted by Gasteiger charge is -2.23. The number of rotatable bonds is 9. The number of hydrogen-bond acceptors (Lipinski definition) is 4. The van der Waals surface area contributed by atoms with Crippen LogP contribution in [0, 0.1) is 6.92 Å². The van der Waals surface area contributed by atoms with Gasteiger partial charge in [-0.05, 0) is 68.3 Å². The Bertz CT molecular complexity index is 993. The third kappa shape index (κ3) is 5.43. The second-order valence-electron chi connectivity index (χ2n) is 7.98. The number of allylic oxidation sites excluding steroid dienone is 1. The van der Waals surface area contributed by atoms with Crippen LogP contribution < -0.4 is 4.74 Å². The van der Waals surface area contributed by atoms with E-state index in [2.05, 4.69) is 18.7 Å². The number of benzene rings is 2. The van der Waals surface area contributed by atoms with Crippen LogP contribution in [-0.2, 0) is 6.54 Å². The first-order valence-electron chi connectivity index (χ1n) is 10.8. The van der Waals surface area contributed by atoms with E-state index in [-0.39, 0.29) is 17.3 Å². The van der Waals surface area contributed by atoms with Gasteiger partial charge in [0.1, 0.15) is 11.5 Å². The highest BCUT2D eigenvalue weighted by Crippen LogP contribution is 2.42. The molecule has 0 amide bonds. The van der Waals surface area contributed by atoms with Gasteiger partial charge in [-0.2, -0.15) is 0 Å². The van der Waals surface area contributed by atoms with Gasteiger partial charge in [-0.25, -0.2) is 0 Å². The molecule has 1 aliphatic heterocycles. The molecule has 4 nitrogen and oxygen atoms in total. The summed E-state index contributed by atoms with van der Waals surface area (Å²) in [6.45, 7) is 8.56. The summed E-state index contributed by atoms with van der Waals surface area (Å²) in [5.41, 5.74) is 2.51. The summed E-state index contributed by atoms with van der Waals surface area (Å²) in [5, 5.41) is 11.7. The summed E-state index contributed by atoms with van der Waals surface area (Å²) in [6.07, 6.45) is 6.00. The summed E-state index contributed by atoms with van der Waals surface area (Å²) in [5.74, 6) is 0.612. The van der Waals surface area contributed by atoms with Gasteiger partial charge < -0.3 is 9.84 Å². The molecule has 0 aliphatic carbocycles. The van der Waals surface area contributed by atoms with Gasteiger partial charge in [0, 0.05) is 16.6 Å². The number of halogens is 2. The SMILES string of the molecule is CCCCN(CCCC)Cc1c(O)cc(C)c2c1O/C(=C/c1ccc(Cl)cc1Cl)C2=O. The topological polar surface area (TPSA) is 49.8 Å². The first-order valence-corrected chi connectivity index (χ1v) is 11.6. The second-order valence-corrected chi connectivity index (χ2v) is 8.83. The molecule has 0 atom stereocenters. The fourth-order valence-electron chi connectivity index (χ4n) is 3.75. The Morgan fingerprint density at radius 1 is 1.10 bits per heavy atom. The van der Waals surface area contributed by atoms with Gasteiger partial charge in [-0.15, -0.1) is 0 Å². The van der Waals surface area contributed by atoms with E-state index in [4.69, 9.17) is 27.9 Å². The number of carbonyl (C=O) groups is 1. The number of hydrogen-bond donors (Lipinski definition) is 1. The number of ketones is 1. The van der Waals surface area contributed by atoms with E-state index < -0.39 is 0 Å². The smallest absolute Gasteiger partial charge is 0.232 e. The van der Waals surface area contributed by atoms with Gasteiger partial charge in [-0.1, -0.05) is 56.0 Å². The van der Waals surface area contributed by atoms with Crippen LogP contribution in [0.2, 0.25) is 10.0 Å². The normalized spacial score (nSPS) is 14.4. The van der Waals surface area contributed by atoms with Crippen LogP contribution >= 0.6 is 23.2 Å². The van der Waals surface area contributed by atoms with Crippen LogP contribution in [0.4, 0.5) is 0 Å². The molecule has 0 bridgehead atoms. The molecular formula is C25H29Cl2NO3. The summed E-state index contributed by atoms with van der Waals surface area (Å²) < 4.78 is 6.04. The number of phenolic OH excluding ortho intramolecular Hbond substituents is 1. The van der Waals surface area contributed by atoms with Crippen molar-refractivity contribution in [1.82, 2.24) is 4.90 Å². The average Bonchev–Trinajstić information content (AvgIpc) is 3.05. The van der Waals surface area contributed by atoms with E-state index in [1.54, 1.807) is 30.3 Å². The Morgan fingerprint density at radius 3 is 2.39 bits per heavy atom. The lowest BCUT2D eigenvalue weighted by Crippen LogP contribution is -2.26. The molecule has 0 saturated carbocycles. The maximum Gasteiger partial charge on any atom is 0.232 e. The van der Waals surface area contributed by atoms with E-state index in [0.29, 0.717) is 44.6 Å². The van der Waals surface area contributed by atoms with Crippen LogP contribution in [0.3, 0.4) is 0 Å². The van der Waals surface area contributed by atoms with Gasteiger partial charge in [0.25, 0.3) is 0 Å². The molecule has 0 aromatic heterocycles. The quantitative estimate of drug-likeness (QED) is 0.407. The minimum absolute atomic E-state index is 0.160. The van der Waals surface area contributed by atoms with Crippen molar-refractivity contribution >= 4 is 35.1 Å². The molecule has 0 unspecified atom stereocenters. The second kappa shape index (κ2) is 10.5. The zero-order valence-corrected chi connectivity index (χ0v) is 19.8. The molecule has 1 heterocycles. The number of phenols is 1. The Balaban J connectivity index is 1.97. The Morgan fingerprint density at radius 2 is 1.77 bits per heavy atom. The monoisotopic (exact) mass is 461 g/mol. The number of Topliss-reactive ketones (excluding diaryl/α,β-unsaturated/α-hetero) is 1. The van der Waals surface area contributed by atoms with Crippen molar-refractivity contribution < 1.29 is 14.6 Å². The van der Waals surface area contributed by atoms with Crippen molar-refractivity contribution in [3.8, 4) is 11.5 Å². The highest BCUT2D eigenvalue weighted by Gasteiger charge is 2.33. The molecule has 1 aliphatic rings. The maximum absolute atomic E-state index is 13.1. The number of aryl methyl sites for hydroxylation is 1. The van der Waals surface area contributed by atoms with Gasteiger partial charge in [0.15, 0.2) is 5.76 Å². The minimum Gasteiger partial charge on any atom is -0.507 e. The predicted octanol–water partition coefficient (Wildman–Crippen LogP) is 7.03. The van der Waals surface area contributed by atoms with Crippen LogP contribution in [-0.4, -0.2) is 28.9 Å². The van der Waals surface area contributed by atoms with E-state index in [9.17, 15) is 9.90 Å². The van der Waals surface area contributed by atoms with Gasteiger partial charge in [-0.3, -0.25) is 9.69 Å². The third-order valence-corrected chi connectivity index (χ3v) is 6.07. The Kier molecular flexibility index (Phi) is 8.04. The lowest BCUT2D eigenvalue weighted by atomic mass is 9.99. The number of unbranched alkanes of at least 4 members (excludes halogenated alkanes) is 2. The largest absolute Gasteiger partial charge is 0.507 e. The average molecular weight is 462 g/mol. The zero-order chi connectivity index (χ0) is 22.5. The van der Waals surface area contributed by atoms with Gasteiger partial charge in [0.2, 0.25) is 5.78 Å². The van der Waals surface area contributed by atoms with E-state index in [1.807, 2.05) is 6.92 Å². The number of fused-ring (bicyclic) bond motifs is 1. The fourth-order valence-corrected chi connectivity index (χ4v) is 4.21. The predicted molar refractivity (Wildman–Crippen MR) is 127 cm³/mol. The van der Waals surface area contributed by atoms with Gasteiger partial charge in [0.05, 0.1) is 11.1 Å². The standard InChI is InChI=1S/C25H29Cl2NO3/c1-4-6-10-28(11-7-5-2)15-19-21(29)12-16(3)23-24(30)22(31-25(19)23)13-17-8-9-18(26)14-20(17)27/h8-9,12-14,29H,4-7,10-11,15H2,1-3H3/b22-13+. The molecular weight excluding hydrogens is 433 g/mol. The Labute approximate surface area is 194 Å². The molecule has 0 radical (unpaired) electrons. The van der Waals surface area contributed by atoms with Crippen LogP contribution in [0.1, 0.15) is 66.6 Å². The van der Waals surface area contributed by atoms with Crippen LogP contribution in [0.25, 0.3) is 6.08 Å². The third-order valence-electron chi connectivity index (χ3n) is 5.51. The molecule has 3 rings (SSSR count). The molecule has 166 valence electrons. The van der Waals surface area contributed by atoms with Gasteiger partial charge >= 0.3 is 0 Å². The van der Waals surface area contributed by atoms with Crippen molar-refractivity contribution in [2.24, 2.45) is 0 Å². The summed E-state index contributed by atoms with van der Waals surface area (Å²) in [4.78, 5) is 15.5. The molecule has 2 aromatic carbocycles. The molecule has 1 N–H and O–H groups in total. The maximum atomic E-state index is 13.1. The minimum atomic E-state index is -0.201. The number of carbonyl (C=O) groups excluding carboxylic acids is 1. The van der Waals surface area contributed by atoms with Crippen molar-refractivity contribution in [1.29, 1.82) is 0 Å². The van der Waals surface area contributed by atoms with Crippen LogP contribution in [0.5, 0.6) is 11.5 Å².